The zero-order valence-electron chi connectivity index (χ0n) is 23.2. The van der Waals surface area contributed by atoms with Crippen LogP contribution in [0.2, 0.25) is 0 Å². The zero-order valence-corrected chi connectivity index (χ0v) is 23.2. The van der Waals surface area contributed by atoms with Crippen molar-refractivity contribution in [1.82, 2.24) is 5.06 Å². The maximum atomic E-state index is 11.8. The summed E-state index contributed by atoms with van der Waals surface area (Å²) in [6.07, 6.45) is 6.08. The number of benzene rings is 2. The number of amides is 1. The molecule has 2 aromatic carbocycles. The Bertz CT molecular complexity index is 1100. The van der Waals surface area contributed by atoms with Crippen molar-refractivity contribution in [3.8, 4) is 28.7 Å². The van der Waals surface area contributed by atoms with Gasteiger partial charge in [-0.2, -0.15) is 5.06 Å². The van der Waals surface area contributed by atoms with Crippen molar-refractivity contribution in [3.05, 3.63) is 53.2 Å². The highest BCUT2D eigenvalue weighted by Gasteiger charge is 2.41. The van der Waals surface area contributed by atoms with Crippen LogP contribution < -0.4 is 23.7 Å². The predicted octanol–water partition coefficient (Wildman–Crippen LogP) is 5.25. The molecule has 208 valence electrons. The molecule has 0 saturated carbocycles. The van der Waals surface area contributed by atoms with E-state index in [1.807, 2.05) is 31.2 Å². The monoisotopic (exact) mass is 529 g/mol. The van der Waals surface area contributed by atoms with Crippen LogP contribution in [0.15, 0.2) is 36.5 Å². The molecule has 0 spiro atoms. The minimum atomic E-state index is -0.789. The fraction of sp³-hybridized carbons (Fsp3) is 0.483. The average molecular weight is 530 g/mol. The number of carbonyl (C=O) groups is 1. The van der Waals surface area contributed by atoms with E-state index in [0.29, 0.717) is 53.4 Å². The Morgan fingerprint density at radius 2 is 1.58 bits per heavy atom. The molecule has 1 atom stereocenters. The van der Waals surface area contributed by atoms with Gasteiger partial charge in [0.25, 0.3) is 0 Å². The Morgan fingerprint density at radius 3 is 2.08 bits per heavy atom. The lowest BCUT2D eigenvalue weighted by Gasteiger charge is -2.32. The number of hydrogen-bond acceptors (Lipinski definition) is 8. The molecule has 1 aliphatic heterocycles. The minimum absolute atomic E-state index is 0.198. The quantitative estimate of drug-likeness (QED) is 0.278. The number of carbonyl (C=O) groups excluding carboxylic acids is 1. The lowest BCUT2D eigenvalue weighted by Crippen LogP contribution is -2.27. The molecule has 0 aromatic heterocycles. The predicted molar refractivity (Wildman–Crippen MR) is 143 cm³/mol. The van der Waals surface area contributed by atoms with Crippen LogP contribution in [0.1, 0.15) is 56.2 Å². The van der Waals surface area contributed by atoms with Gasteiger partial charge in [-0.15, -0.1) is 0 Å². The van der Waals surface area contributed by atoms with E-state index in [-0.39, 0.29) is 6.42 Å². The molecule has 1 unspecified atom stereocenters. The Labute approximate surface area is 224 Å². The van der Waals surface area contributed by atoms with E-state index in [1.54, 1.807) is 41.4 Å². The Kier molecular flexibility index (Phi) is 10.3. The molecule has 1 fully saturated rings. The van der Waals surface area contributed by atoms with E-state index >= 15 is 0 Å². The van der Waals surface area contributed by atoms with Crippen molar-refractivity contribution in [3.63, 3.8) is 0 Å². The van der Waals surface area contributed by atoms with Crippen LogP contribution in [0.3, 0.4) is 0 Å². The fourth-order valence-electron chi connectivity index (χ4n) is 4.66. The maximum absolute atomic E-state index is 11.8. The van der Waals surface area contributed by atoms with Crippen LogP contribution >= 0.6 is 0 Å². The van der Waals surface area contributed by atoms with Gasteiger partial charge in [-0.25, -0.2) is 0 Å². The van der Waals surface area contributed by atoms with Crippen LogP contribution in [0, 0.1) is 0 Å². The molecule has 0 aliphatic carbocycles. The van der Waals surface area contributed by atoms with E-state index < -0.39 is 11.5 Å². The Balaban J connectivity index is 2.17. The van der Waals surface area contributed by atoms with E-state index in [4.69, 9.17) is 28.4 Å². The van der Waals surface area contributed by atoms with E-state index in [1.165, 1.54) is 6.20 Å². The molecule has 3 rings (SSSR count). The van der Waals surface area contributed by atoms with Crippen LogP contribution in [-0.4, -0.2) is 57.8 Å². The number of methoxy groups -OCH3 is 4. The number of nitrogens with zero attached hydrogens (tertiary/aromatic N) is 1. The number of allylic oxidation sites excluding steroid dienone is 1. The summed E-state index contributed by atoms with van der Waals surface area (Å²) < 4.78 is 35.2. The van der Waals surface area contributed by atoms with Gasteiger partial charge < -0.3 is 28.4 Å². The molecule has 1 N–H and O–H groups in total. The van der Waals surface area contributed by atoms with Crippen molar-refractivity contribution in [2.24, 2.45) is 0 Å². The third-order valence-corrected chi connectivity index (χ3v) is 6.56. The maximum Gasteiger partial charge on any atom is 0.249 e. The van der Waals surface area contributed by atoms with Gasteiger partial charge >= 0.3 is 0 Å². The average Bonchev–Trinajstić information content (AvgIpc) is 3.45. The van der Waals surface area contributed by atoms with Crippen LogP contribution in [0.25, 0.3) is 0 Å². The van der Waals surface area contributed by atoms with Crippen molar-refractivity contribution in [2.45, 2.75) is 51.6 Å². The molecule has 1 saturated heterocycles. The van der Waals surface area contributed by atoms with E-state index in [9.17, 15) is 10.0 Å². The number of hydrogen-bond donors (Lipinski definition) is 1. The first kappa shape index (κ1) is 29.1. The van der Waals surface area contributed by atoms with Crippen molar-refractivity contribution in [1.29, 1.82) is 0 Å². The van der Waals surface area contributed by atoms with Gasteiger partial charge in [0.2, 0.25) is 11.7 Å². The normalized spacial score (nSPS) is 16.9. The third kappa shape index (κ3) is 6.00. The number of ether oxygens (including phenoxy) is 6. The van der Waals surface area contributed by atoms with Crippen molar-refractivity contribution >= 4 is 5.91 Å². The van der Waals surface area contributed by atoms with Gasteiger partial charge in [0, 0.05) is 24.8 Å². The minimum Gasteiger partial charge on any atom is -0.493 e. The van der Waals surface area contributed by atoms with Crippen LogP contribution in [0.5, 0.6) is 28.7 Å². The summed E-state index contributed by atoms with van der Waals surface area (Å²) in [6, 6.07) is 7.82. The highest BCUT2D eigenvalue weighted by molar-refractivity contribution is 5.75. The smallest absolute Gasteiger partial charge is 0.249 e. The standard InChI is InChI=1S/C29H39NO8/c1-7-14-37-27-20(11-9-13-30(32)26(31)8-2)16-21(17-23(27)33-3)29(12-10-15-38-29)22-18-24(34-4)28(36-6)25(19-22)35-5/h9,13,16-19,32H,7-8,10-12,14-15H2,1-6H3/b13-9+. The Hall–Kier alpha value is -3.43. The SMILES string of the molecule is CCCOc1c(C/C=C/N(O)C(=O)CC)cc(C2(c3cc(OC)c(OC)c(OC)c3)CCCO2)cc1OC. The van der Waals surface area contributed by atoms with Gasteiger partial charge in [0.05, 0.1) is 35.0 Å². The second-order valence-electron chi connectivity index (χ2n) is 8.89. The molecule has 1 aliphatic rings. The van der Waals surface area contributed by atoms with Gasteiger partial charge in [-0.1, -0.05) is 19.9 Å². The van der Waals surface area contributed by atoms with Gasteiger partial charge in [0.15, 0.2) is 23.0 Å². The highest BCUT2D eigenvalue weighted by atomic mass is 16.5. The summed E-state index contributed by atoms with van der Waals surface area (Å²) in [5, 5.41) is 10.6. The molecule has 9 heteroatoms. The van der Waals surface area contributed by atoms with Crippen molar-refractivity contribution in [2.75, 3.05) is 41.7 Å². The summed E-state index contributed by atoms with van der Waals surface area (Å²) in [5.41, 5.74) is 1.80. The van der Waals surface area contributed by atoms with Crippen molar-refractivity contribution < 1.29 is 38.4 Å². The molecule has 1 heterocycles. The third-order valence-electron chi connectivity index (χ3n) is 6.56. The molecule has 2 aromatic rings. The molecule has 0 bridgehead atoms. The van der Waals surface area contributed by atoms with Gasteiger partial charge in [0.1, 0.15) is 5.60 Å². The summed E-state index contributed by atoms with van der Waals surface area (Å²) in [6.45, 7) is 4.82. The van der Waals surface area contributed by atoms with Gasteiger partial charge in [-0.3, -0.25) is 10.0 Å². The second kappa shape index (κ2) is 13.4. The summed E-state index contributed by atoms with van der Waals surface area (Å²) in [4.78, 5) is 11.8. The summed E-state index contributed by atoms with van der Waals surface area (Å²) in [7, 11) is 6.35. The summed E-state index contributed by atoms with van der Waals surface area (Å²) >= 11 is 0. The lowest BCUT2D eigenvalue weighted by molar-refractivity contribution is -0.153. The van der Waals surface area contributed by atoms with E-state index in [0.717, 1.165) is 36.0 Å². The first-order chi connectivity index (χ1) is 18.4. The van der Waals surface area contributed by atoms with E-state index in [2.05, 4.69) is 0 Å². The fourth-order valence-corrected chi connectivity index (χ4v) is 4.66. The zero-order chi connectivity index (χ0) is 27.7. The largest absolute Gasteiger partial charge is 0.493 e. The van der Waals surface area contributed by atoms with Crippen LogP contribution in [0.4, 0.5) is 0 Å². The summed E-state index contributed by atoms with van der Waals surface area (Å²) in [5.74, 6) is 2.39. The lowest BCUT2D eigenvalue weighted by atomic mass is 9.82. The molecule has 38 heavy (non-hydrogen) atoms. The number of rotatable bonds is 13. The first-order valence-electron chi connectivity index (χ1n) is 12.8. The first-order valence-corrected chi connectivity index (χ1v) is 12.8. The molecule has 0 radical (unpaired) electrons. The molecular formula is C29H39NO8. The number of hydroxylamine groups is 2. The van der Waals surface area contributed by atoms with Gasteiger partial charge in [-0.05, 0) is 61.1 Å². The van der Waals surface area contributed by atoms with Crippen LogP contribution in [-0.2, 0) is 21.6 Å². The molecule has 1 amide bonds. The Morgan fingerprint density at radius 1 is 0.974 bits per heavy atom. The highest BCUT2D eigenvalue weighted by Crippen LogP contribution is 2.50. The molecule has 9 nitrogen and oxygen atoms in total. The topological polar surface area (TPSA) is 95.9 Å². The molecular weight excluding hydrogens is 490 g/mol. The second-order valence-corrected chi connectivity index (χ2v) is 8.89.